The predicted molar refractivity (Wildman–Crippen MR) is 80.1 cm³/mol. The van der Waals surface area contributed by atoms with Crippen molar-refractivity contribution < 1.29 is 9.13 Å². The van der Waals surface area contributed by atoms with E-state index in [1.165, 1.54) is 6.07 Å². The molecule has 0 bridgehead atoms. The molecule has 0 unspecified atom stereocenters. The molecule has 0 saturated heterocycles. The van der Waals surface area contributed by atoms with Gasteiger partial charge in [-0.15, -0.1) is 0 Å². The molecular formula is C15H13ClFN3O. The molecule has 0 fully saturated rings. The zero-order chi connectivity index (χ0) is 15.0. The molecule has 3 rings (SSSR count). The van der Waals surface area contributed by atoms with E-state index < -0.39 is 5.82 Å². The van der Waals surface area contributed by atoms with Crippen molar-refractivity contribution in [3.8, 4) is 17.1 Å². The molecule has 0 N–H and O–H groups in total. The van der Waals surface area contributed by atoms with Crippen LogP contribution in [0.1, 0.15) is 6.92 Å². The van der Waals surface area contributed by atoms with E-state index in [0.717, 1.165) is 22.8 Å². The van der Waals surface area contributed by atoms with Crippen molar-refractivity contribution in [2.24, 2.45) is 7.05 Å². The Kier molecular flexibility index (Phi) is 3.51. The van der Waals surface area contributed by atoms with Gasteiger partial charge < -0.3 is 9.30 Å². The fourth-order valence-electron chi connectivity index (χ4n) is 2.33. The molecule has 0 aliphatic rings. The highest BCUT2D eigenvalue weighted by atomic mass is 35.5. The van der Waals surface area contributed by atoms with Crippen molar-refractivity contribution in [1.29, 1.82) is 0 Å². The maximum absolute atomic E-state index is 13.6. The van der Waals surface area contributed by atoms with Gasteiger partial charge in [-0.05, 0) is 25.1 Å². The summed E-state index contributed by atoms with van der Waals surface area (Å²) in [6.45, 7) is 2.32. The summed E-state index contributed by atoms with van der Waals surface area (Å²) in [6, 6.07) is 5.11. The lowest BCUT2D eigenvalue weighted by Crippen LogP contribution is -2.00. The summed E-state index contributed by atoms with van der Waals surface area (Å²) in [6.07, 6.45) is 2.84. The zero-order valence-electron chi connectivity index (χ0n) is 11.6. The molecule has 3 aromatic heterocycles. The largest absolute Gasteiger partial charge is 0.477 e. The third-order valence-electron chi connectivity index (χ3n) is 3.27. The molecule has 6 heteroatoms. The molecule has 0 spiro atoms. The molecule has 3 heterocycles. The number of aryl methyl sites for hydroxylation is 1. The minimum absolute atomic E-state index is 0.406. The average Bonchev–Trinajstić information content (AvgIpc) is 2.77. The number of rotatable bonds is 3. The second-order valence-electron chi connectivity index (χ2n) is 4.59. The second kappa shape index (κ2) is 5.33. The lowest BCUT2D eigenvalue weighted by atomic mass is 10.2. The van der Waals surface area contributed by atoms with Gasteiger partial charge in [0.05, 0.1) is 35.8 Å². The molecule has 0 amide bonds. The summed E-state index contributed by atoms with van der Waals surface area (Å²) in [7, 11) is 1.88. The lowest BCUT2D eigenvalue weighted by Gasteiger charge is -2.10. The van der Waals surface area contributed by atoms with Crippen LogP contribution < -0.4 is 4.74 Å². The number of pyridine rings is 2. The number of hydrogen-bond donors (Lipinski definition) is 0. The van der Waals surface area contributed by atoms with Crippen LogP contribution in [0.15, 0.2) is 30.6 Å². The van der Waals surface area contributed by atoms with Gasteiger partial charge in [0.1, 0.15) is 11.0 Å². The molecule has 0 aliphatic carbocycles. The van der Waals surface area contributed by atoms with Gasteiger partial charge in [0.2, 0.25) is 5.88 Å². The van der Waals surface area contributed by atoms with Gasteiger partial charge in [-0.2, -0.15) is 0 Å². The van der Waals surface area contributed by atoms with Gasteiger partial charge in [0, 0.05) is 12.4 Å². The van der Waals surface area contributed by atoms with Gasteiger partial charge in [0.15, 0.2) is 0 Å². The number of aromatic nitrogens is 3. The van der Waals surface area contributed by atoms with Crippen LogP contribution in [0.3, 0.4) is 0 Å². The average molecular weight is 306 g/mol. The SMILES string of the molecule is CCOc1ncc(F)cc1-c1cc2cc(Cl)ncc2n1C. The van der Waals surface area contributed by atoms with Gasteiger partial charge in [-0.3, -0.25) is 0 Å². The van der Waals surface area contributed by atoms with E-state index in [1.807, 2.05) is 24.6 Å². The highest BCUT2D eigenvalue weighted by molar-refractivity contribution is 6.30. The molecule has 108 valence electrons. The first-order valence-corrected chi connectivity index (χ1v) is 6.87. The maximum atomic E-state index is 13.6. The van der Waals surface area contributed by atoms with Crippen LogP contribution in [0.25, 0.3) is 22.2 Å². The van der Waals surface area contributed by atoms with Crippen LogP contribution in [0.4, 0.5) is 4.39 Å². The Morgan fingerprint density at radius 3 is 2.81 bits per heavy atom. The number of hydrogen-bond acceptors (Lipinski definition) is 3. The smallest absolute Gasteiger partial charge is 0.223 e. The Balaban J connectivity index is 2.24. The molecule has 0 radical (unpaired) electrons. The fourth-order valence-corrected chi connectivity index (χ4v) is 2.49. The van der Waals surface area contributed by atoms with Gasteiger partial charge in [0.25, 0.3) is 0 Å². The van der Waals surface area contributed by atoms with Crippen LogP contribution in [0, 0.1) is 5.82 Å². The molecule has 0 aromatic carbocycles. The van der Waals surface area contributed by atoms with Crippen LogP contribution in [-0.4, -0.2) is 21.1 Å². The van der Waals surface area contributed by atoms with Crippen LogP contribution >= 0.6 is 11.6 Å². The van der Waals surface area contributed by atoms with Crippen molar-refractivity contribution in [2.45, 2.75) is 6.92 Å². The monoisotopic (exact) mass is 305 g/mol. The number of halogens is 2. The van der Waals surface area contributed by atoms with E-state index >= 15 is 0 Å². The van der Waals surface area contributed by atoms with Crippen LogP contribution in [0.2, 0.25) is 5.15 Å². The lowest BCUT2D eigenvalue weighted by molar-refractivity contribution is 0.327. The Hall–Kier alpha value is -2.14. The van der Waals surface area contributed by atoms with Crippen molar-refractivity contribution in [3.05, 3.63) is 41.6 Å². The highest BCUT2D eigenvalue weighted by Gasteiger charge is 2.15. The Bertz CT molecular complexity index is 816. The summed E-state index contributed by atoms with van der Waals surface area (Å²) < 4.78 is 21.0. The molecule has 0 aliphatic heterocycles. The first-order chi connectivity index (χ1) is 10.1. The minimum Gasteiger partial charge on any atom is -0.477 e. The van der Waals surface area contributed by atoms with E-state index in [9.17, 15) is 4.39 Å². The first kappa shape index (κ1) is 13.8. The quantitative estimate of drug-likeness (QED) is 0.691. The van der Waals surface area contributed by atoms with Crippen LogP contribution in [0.5, 0.6) is 5.88 Å². The Labute approximate surface area is 126 Å². The van der Waals surface area contributed by atoms with Crippen molar-refractivity contribution >= 4 is 22.5 Å². The van der Waals surface area contributed by atoms with Gasteiger partial charge >= 0.3 is 0 Å². The van der Waals surface area contributed by atoms with E-state index in [-0.39, 0.29) is 0 Å². The second-order valence-corrected chi connectivity index (χ2v) is 4.98. The molecule has 4 nitrogen and oxygen atoms in total. The van der Waals surface area contributed by atoms with Gasteiger partial charge in [-0.25, -0.2) is 14.4 Å². The van der Waals surface area contributed by atoms with E-state index in [4.69, 9.17) is 16.3 Å². The molecule has 0 saturated carbocycles. The summed E-state index contributed by atoms with van der Waals surface area (Å²) in [4.78, 5) is 8.10. The third-order valence-corrected chi connectivity index (χ3v) is 3.48. The number of fused-ring (bicyclic) bond motifs is 1. The summed E-state index contributed by atoms with van der Waals surface area (Å²) in [5, 5.41) is 1.35. The fraction of sp³-hybridized carbons (Fsp3) is 0.200. The standard InChI is InChI=1S/C15H13ClFN3O/c1-3-21-15-11(6-10(17)7-19-15)12-4-9-5-14(16)18-8-13(9)20(12)2/h4-8H,3H2,1-2H3. The Morgan fingerprint density at radius 1 is 1.24 bits per heavy atom. The third kappa shape index (κ3) is 2.45. The molecule has 3 aromatic rings. The first-order valence-electron chi connectivity index (χ1n) is 6.50. The minimum atomic E-state index is -0.408. The van der Waals surface area contributed by atoms with E-state index in [1.54, 1.807) is 12.3 Å². The summed E-state index contributed by atoms with van der Waals surface area (Å²) in [5.74, 6) is -0.00118. The zero-order valence-corrected chi connectivity index (χ0v) is 12.4. The maximum Gasteiger partial charge on any atom is 0.223 e. The summed E-state index contributed by atoms with van der Waals surface area (Å²) in [5.41, 5.74) is 2.30. The van der Waals surface area contributed by atoms with Crippen molar-refractivity contribution in [2.75, 3.05) is 6.61 Å². The summed E-state index contributed by atoms with van der Waals surface area (Å²) >= 11 is 5.92. The molecule has 0 atom stereocenters. The van der Waals surface area contributed by atoms with Crippen LogP contribution in [-0.2, 0) is 7.05 Å². The van der Waals surface area contributed by atoms with Crippen molar-refractivity contribution in [1.82, 2.24) is 14.5 Å². The number of ether oxygens (including phenoxy) is 1. The number of nitrogens with zero attached hydrogens (tertiary/aromatic N) is 3. The van der Waals surface area contributed by atoms with E-state index in [2.05, 4.69) is 9.97 Å². The predicted octanol–water partition coefficient (Wildman–Crippen LogP) is 3.83. The van der Waals surface area contributed by atoms with Crippen molar-refractivity contribution in [3.63, 3.8) is 0 Å². The highest BCUT2D eigenvalue weighted by Crippen LogP contribution is 2.33. The van der Waals surface area contributed by atoms with Gasteiger partial charge in [-0.1, -0.05) is 11.6 Å². The topological polar surface area (TPSA) is 39.9 Å². The normalized spacial score (nSPS) is 11.0. The molecular weight excluding hydrogens is 293 g/mol. The Morgan fingerprint density at radius 2 is 2.05 bits per heavy atom. The molecule has 21 heavy (non-hydrogen) atoms. The van der Waals surface area contributed by atoms with E-state index in [0.29, 0.717) is 23.2 Å².